The summed E-state index contributed by atoms with van der Waals surface area (Å²) in [5.74, 6) is 1.18. The summed E-state index contributed by atoms with van der Waals surface area (Å²) in [6.07, 6.45) is 33.5. The molecule has 0 rings (SSSR count). The molecular weight excluding hydrogens is 546 g/mol. The molecule has 0 N–H and O–H groups in total. The second-order valence-corrected chi connectivity index (χ2v) is 12.8. The third kappa shape index (κ3) is 29.4. The normalized spacial score (nSPS) is 11.6. The van der Waals surface area contributed by atoms with Gasteiger partial charge in [-0.3, -0.25) is 4.79 Å². The fraction of sp³-hybridized carbons (Fsp3) is 0.872. The fourth-order valence-electron chi connectivity index (χ4n) is 5.51. The van der Waals surface area contributed by atoms with Crippen LogP contribution in [0.15, 0.2) is 24.5 Å². The van der Waals surface area contributed by atoms with Crippen LogP contribution in [0.5, 0.6) is 0 Å². The number of allylic oxidation sites excluding steroid dienone is 2. The van der Waals surface area contributed by atoms with Crippen LogP contribution in [0.1, 0.15) is 188 Å². The van der Waals surface area contributed by atoms with Crippen LogP contribution in [0.3, 0.4) is 0 Å². The van der Waals surface area contributed by atoms with Gasteiger partial charge < -0.3 is 9.64 Å². The first-order valence-electron chi connectivity index (χ1n) is 19.1. The van der Waals surface area contributed by atoms with Crippen LogP contribution in [0.2, 0.25) is 0 Å². The summed E-state index contributed by atoms with van der Waals surface area (Å²) in [7, 11) is 0. The Hall–Kier alpha value is -1.33. The minimum absolute atomic E-state index is 0.281. The highest BCUT2D eigenvalue weighted by atomic mass is 17.2. The Morgan fingerprint density at radius 3 is 1.82 bits per heavy atom. The van der Waals surface area contributed by atoms with Gasteiger partial charge in [0.2, 0.25) is 5.91 Å². The topological polar surface area (TPSA) is 48.0 Å². The Morgan fingerprint density at radius 2 is 1.18 bits per heavy atom. The summed E-state index contributed by atoms with van der Waals surface area (Å²) in [5, 5.41) is 0. The Bertz CT molecular complexity index is 636. The molecular formula is C39H75NO4. The standard InChI is InChI=1S/C39H75NO4/c1-6-10-14-17-18-21-26-35-42-43-36-27-25-33-40(39(41)32-22-13-9-4)34-28-29-37(5)44-38(30-23-19-15-11-7-2)31-24-20-16-12-8-3/h21,26,38H,5-20,22-25,27-36H2,1-4H3. The molecule has 0 saturated heterocycles. The van der Waals surface area contributed by atoms with E-state index in [0.29, 0.717) is 25.7 Å². The van der Waals surface area contributed by atoms with Crippen LogP contribution < -0.4 is 0 Å². The van der Waals surface area contributed by atoms with Crippen LogP contribution in [0.4, 0.5) is 0 Å². The van der Waals surface area contributed by atoms with Gasteiger partial charge in [0.1, 0.15) is 6.61 Å². The Labute approximate surface area is 274 Å². The van der Waals surface area contributed by atoms with Gasteiger partial charge in [0.05, 0.1) is 18.5 Å². The first kappa shape index (κ1) is 42.7. The summed E-state index contributed by atoms with van der Waals surface area (Å²) in [6.45, 7) is 15.9. The van der Waals surface area contributed by atoms with Gasteiger partial charge in [-0.05, 0) is 64.2 Å². The molecule has 0 bridgehead atoms. The van der Waals surface area contributed by atoms with E-state index in [1.54, 1.807) is 0 Å². The smallest absolute Gasteiger partial charge is 0.222 e. The van der Waals surface area contributed by atoms with Crippen LogP contribution in [-0.4, -0.2) is 43.2 Å². The van der Waals surface area contributed by atoms with Gasteiger partial charge >= 0.3 is 0 Å². The van der Waals surface area contributed by atoms with E-state index in [9.17, 15) is 4.79 Å². The molecule has 0 heterocycles. The number of amides is 1. The van der Waals surface area contributed by atoms with Crippen molar-refractivity contribution in [2.75, 3.05) is 26.3 Å². The second kappa shape index (κ2) is 34.5. The summed E-state index contributed by atoms with van der Waals surface area (Å²) < 4.78 is 6.43. The predicted octanol–water partition coefficient (Wildman–Crippen LogP) is 12.1. The van der Waals surface area contributed by atoms with Gasteiger partial charge in [-0.15, -0.1) is 0 Å². The number of carbonyl (C=O) groups is 1. The van der Waals surface area contributed by atoms with Crippen LogP contribution in [0, 0.1) is 0 Å². The fourth-order valence-corrected chi connectivity index (χ4v) is 5.51. The zero-order valence-electron chi connectivity index (χ0n) is 30.0. The molecule has 0 spiro atoms. The van der Waals surface area contributed by atoms with Gasteiger partial charge in [0, 0.05) is 25.9 Å². The number of hydrogen-bond acceptors (Lipinski definition) is 4. The molecule has 260 valence electrons. The lowest BCUT2D eigenvalue weighted by Gasteiger charge is -2.24. The molecule has 0 aliphatic rings. The number of rotatable bonds is 35. The molecule has 0 aliphatic carbocycles. The maximum atomic E-state index is 13.0. The van der Waals surface area contributed by atoms with Crippen molar-refractivity contribution in [2.45, 2.75) is 194 Å². The molecule has 5 heteroatoms. The SMILES string of the molecule is C=C(CCCN(CCCCOOCC=CCCCCCC)C(=O)CCCCC)OC(CCCCCCC)CCCCCCC. The van der Waals surface area contributed by atoms with Crippen molar-refractivity contribution in [3.8, 4) is 0 Å². The summed E-state index contributed by atoms with van der Waals surface area (Å²) in [6, 6.07) is 0. The Kier molecular flexibility index (Phi) is 33.5. The Morgan fingerprint density at radius 1 is 0.614 bits per heavy atom. The molecule has 5 nitrogen and oxygen atoms in total. The van der Waals surface area contributed by atoms with Crippen LogP contribution in [0.25, 0.3) is 0 Å². The van der Waals surface area contributed by atoms with E-state index < -0.39 is 0 Å². The van der Waals surface area contributed by atoms with Crippen molar-refractivity contribution < 1.29 is 19.3 Å². The van der Waals surface area contributed by atoms with Crippen LogP contribution >= 0.6 is 0 Å². The third-order valence-corrected chi connectivity index (χ3v) is 8.37. The summed E-state index contributed by atoms with van der Waals surface area (Å²) >= 11 is 0. The van der Waals surface area contributed by atoms with Gasteiger partial charge in [-0.25, -0.2) is 9.78 Å². The number of hydrogen-bond donors (Lipinski definition) is 0. The maximum absolute atomic E-state index is 13.0. The minimum Gasteiger partial charge on any atom is -0.495 e. The van der Waals surface area contributed by atoms with E-state index in [2.05, 4.69) is 45.2 Å². The second-order valence-electron chi connectivity index (χ2n) is 12.8. The van der Waals surface area contributed by atoms with E-state index in [1.165, 1.54) is 89.9 Å². The molecule has 0 aliphatic heterocycles. The van der Waals surface area contributed by atoms with Crippen molar-refractivity contribution >= 4 is 5.91 Å². The third-order valence-electron chi connectivity index (χ3n) is 8.37. The number of unbranched alkanes of at least 4 members (excludes halogenated alkanes) is 15. The van der Waals surface area contributed by atoms with Gasteiger partial charge in [-0.1, -0.05) is 130 Å². The molecule has 44 heavy (non-hydrogen) atoms. The molecule has 0 aromatic heterocycles. The van der Waals surface area contributed by atoms with Crippen molar-refractivity contribution in [3.63, 3.8) is 0 Å². The monoisotopic (exact) mass is 622 g/mol. The van der Waals surface area contributed by atoms with E-state index in [1.807, 2.05) is 6.08 Å². The molecule has 0 unspecified atom stereocenters. The highest BCUT2D eigenvalue weighted by Crippen LogP contribution is 2.20. The molecule has 0 aromatic carbocycles. The number of carbonyl (C=O) groups excluding carboxylic acids is 1. The van der Waals surface area contributed by atoms with Crippen molar-refractivity contribution in [2.24, 2.45) is 0 Å². The highest BCUT2D eigenvalue weighted by molar-refractivity contribution is 5.76. The van der Waals surface area contributed by atoms with Gasteiger partial charge in [-0.2, -0.15) is 0 Å². The predicted molar refractivity (Wildman–Crippen MR) is 190 cm³/mol. The van der Waals surface area contributed by atoms with Crippen molar-refractivity contribution in [3.05, 3.63) is 24.5 Å². The first-order chi connectivity index (χ1) is 21.6. The average molecular weight is 622 g/mol. The van der Waals surface area contributed by atoms with Gasteiger partial charge in [0.25, 0.3) is 0 Å². The number of ether oxygens (including phenoxy) is 1. The average Bonchev–Trinajstić information content (AvgIpc) is 3.02. The molecule has 1 amide bonds. The largest absolute Gasteiger partial charge is 0.495 e. The lowest BCUT2D eigenvalue weighted by Crippen LogP contribution is -2.33. The maximum Gasteiger partial charge on any atom is 0.222 e. The molecule has 0 atom stereocenters. The highest BCUT2D eigenvalue weighted by Gasteiger charge is 2.15. The molecule has 0 radical (unpaired) electrons. The lowest BCUT2D eigenvalue weighted by atomic mass is 10.0. The molecule has 0 saturated carbocycles. The van der Waals surface area contributed by atoms with E-state index in [4.69, 9.17) is 14.5 Å². The molecule has 0 fully saturated rings. The van der Waals surface area contributed by atoms with Crippen molar-refractivity contribution in [1.29, 1.82) is 0 Å². The van der Waals surface area contributed by atoms with E-state index >= 15 is 0 Å². The van der Waals surface area contributed by atoms with Crippen LogP contribution in [-0.2, 0) is 19.3 Å². The summed E-state index contributed by atoms with van der Waals surface area (Å²) in [5.41, 5.74) is 0. The molecule has 0 aromatic rings. The first-order valence-corrected chi connectivity index (χ1v) is 19.1. The quantitative estimate of drug-likeness (QED) is 0.0232. The zero-order chi connectivity index (χ0) is 32.4. The Balaban J connectivity index is 4.48. The van der Waals surface area contributed by atoms with Crippen molar-refractivity contribution in [1.82, 2.24) is 4.90 Å². The zero-order valence-corrected chi connectivity index (χ0v) is 30.0. The lowest BCUT2D eigenvalue weighted by molar-refractivity contribution is -0.286. The van der Waals surface area contributed by atoms with E-state index in [0.717, 1.165) is 83.1 Å². The minimum atomic E-state index is 0.281. The summed E-state index contributed by atoms with van der Waals surface area (Å²) in [4.78, 5) is 25.7. The van der Waals surface area contributed by atoms with Gasteiger partial charge in [0.15, 0.2) is 0 Å². The van der Waals surface area contributed by atoms with E-state index in [-0.39, 0.29) is 5.91 Å². The number of nitrogens with zero attached hydrogens (tertiary/aromatic N) is 1.